The van der Waals surface area contributed by atoms with Crippen molar-refractivity contribution in [3.8, 4) is 0 Å². The van der Waals surface area contributed by atoms with Crippen molar-refractivity contribution in [1.29, 1.82) is 0 Å². The fraction of sp³-hybridized carbons (Fsp3) is 0.889. The van der Waals surface area contributed by atoms with Gasteiger partial charge in [-0.05, 0) is 0 Å². The molecule has 42 nitrogen and oxygen atoms in total. The van der Waals surface area contributed by atoms with E-state index in [9.17, 15) is 33.6 Å². The number of hydrogen-bond acceptors (Lipinski definition) is 35. The monoisotopic (exact) mass is 1520 g/mol. The molecule has 0 aromatic heterocycles. The third-order valence-corrected chi connectivity index (χ3v) is 19.8. The third kappa shape index (κ3) is 17.2. The van der Waals surface area contributed by atoms with Crippen LogP contribution in [0.1, 0.15) is 0 Å². The van der Waals surface area contributed by atoms with E-state index < -0.39 is 256 Å². The lowest BCUT2D eigenvalue weighted by Crippen LogP contribution is -2.71. The van der Waals surface area contributed by atoms with Gasteiger partial charge in [-0.1, -0.05) is 0 Å². The average Bonchev–Trinajstić information content (AvgIpc) is 0.768. The summed E-state index contributed by atoms with van der Waals surface area (Å²) in [5.74, 6) is -5.69. The molecule has 0 aromatic carbocycles. The molecule has 7 amide bonds. The van der Waals surface area contributed by atoms with Crippen LogP contribution < -0.4 is 37.2 Å². The summed E-state index contributed by atoms with van der Waals surface area (Å²) in [7, 11) is 27.2. The van der Waals surface area contributed by atoms with Gasteiger partial charge in [0.1, 0.15) is 128 Å². The quantitative estimate of drug-likeness (QED) is 0.0561. The predicted molar refractivity (Wildman–Crippen MR) is 344 cm³/mol. The van der Waals surface area contributed by atoms with Crippen LogP contribution in [0.25, 0.3) is 0 Å². The van der Waals surface area contributed by atoms with Crippen LogP contribution in [0.5, 0.6) is 0 Å². The average molecular weight is 1520 g/mol. The summed E-state index contributed by atoms with van der Waals surface area (Å²) >= 11 is 0. The molecule has 0 aromatic rings. The van der Waals surface area contributed by atoms with E-state index in [2.05, 4.69) is 37.2 Å². The summed E-state index contributed by atoms with van der Waals surface area (Å²) in [6, 6.07) is 0. The number of likely N-dealkylation sites (N-methyl/N-ethyl adjacent to an activating group) is 7. The smallest absolute Gasteiger partial charge is 0.251 e. The largest absolute Gasteiger partial charge is 0.376 e. The van der Waals surface area contributed by atoms with Gasteiger partial charge in [0.2, 0.25) is 0 Å². The first kappa shape index (κ1) is 85.8. The lowest BCUT2D eigenvalue weighted by molar-refractivity contribution is -0.390. The zero-order valence-electron chi connectivity index (χ0n) is 62.5. The van der Waals surface area contributed by atoms with Crippen molar-refractivity contribution in [2.24, 2.45) is 0 Å². The summed E-state index contributed by atoms with van der Waals surface area (Å²) in [6.07, 6.45) is -54.5. The maximum absolute atomic E-state index is 14.4. The Balaban J connectivity index is 1.30. The molecule has 0 radical (unpaired) electrons. The summed E-state index contributed by atoms with van der Waals surface area (Å²) in [6.45, 7) is 0. The first-order valence-electron chi connectivity index (χ1n) is 33.6. The van der Waals surface area contributed by atoms with Crippen LogP contribution in [0.3, 0.4) is 0 Å². The van der Waals surface area contributed by atoms with E-state index in [-0.39, 0.29) is 0 Å². The Morgan fingerprint density at radius 3 is 0.343 bits per heavy atom. The molecule has 0 saturated carbocycles. The van der Waals surface area contributed by atoms with Crippen LogP contribution in [0.15, 0.2) is 0 Å². The van der Waals surface area contributed by atoms with Crippen molar-refractivity contribution in [1.82, 2.24) is 37.2 Å². The number of rotatable bonds is 21. The Morgan fingerprint density at radius 1 is 0.171 bits per heavy atom. The summed E-state index contributed by atoms with van der Waals surface area (Å²) in [4.78, 5) is 101. The lowest BCUT2D eigenvalue weighted by atomic mass is 9.93. The Hall–Kier alpha value is -4.83. The number of hydrogen-bond donors (Lipinski definition) is 7. The van der Waals surface area contributed by atoms with Crippen molar-refractivity contribution in [2.45, 2.75) is 215 Å². The van der Waals surface area contributed by atoms with E-state index in [1.165, 1.54) is 149 Å². The van der Waals surface area contributed by atoms with E-state index in [1.54, 1.807) is 0 Å². The molecule has 0 spiro atoms. The Labute approximate surface area is 606 Å². The van der Waals surface area contributed by atoms with Crippen LogP contribution >= 0.6 is 0 Å². The second-order valence-corrected chi connectivity index (χ2v) is 24.8. The number of nitrogens with one attached hydrogen (secondary N) is 7. The minimum absolute atomic E-state index is 0.813. The Bertz CT molecular complexity index is 2320. The molecular formula is C63H105N7O35. The normalized spacial score (nSPS) is 43.3. The minimum Gasteiger partial charge on any atom is -0.376 e. The fourth-order valence-electron chi connectivity index (χ4n) is 14.7. The Morgan fingerprint density at radius 2 is 0.267 bits per heavy atom. The first-order chi connectivity index (χ1) is 50.6. The van der Waals surface area contributed by atoms with Gasteiger partial charge in [0, 0.05) is 149 Å². The molecule has 602 valence electrons. The first-order valence-corrected chi connectivity index (χ1v) is 33.6. The zero-order chi connectivity index (χ0) is 77.0. The van der Waals surface area contributed by atoms with E-state index in [1.807, 2.05) is 0 Å². The maximum Gasteiger partial charge on any atom is 0.251 e. The number of amides is 7. The van der Waals surface area contributed by atoms with Crippen molar-refractivity contribution in [3.63, 3.8) is 0 Å². The number of ether oxygens (including phenoxy) is 28. The van der Waals surface area contributed by atoms with Crippen molar-refractivity contribution >= 4 is 41.4 Å². The van der Waals surface area contributed by atoms with Crippen molar-refractivity contribution in [3.05, 3.63) is 0 Å². The van der Waals surface area contributed by atoms with Crippen LogP contribution in [0, 0.1) is 0 Å². The second kappa shape index (κ2) is 39.2. The number of carbonyl (C=O) groups excluding carboxylic acids is 7. The summed E-state index contributed by atoms with van der Waals surface area (Å²) < 4.78 is 179. The van der Waals surface area contributed by atoms with Gasteiger partial charge in [-0.2, -0.15) is 0 Å². The van der Waals surface area contributed by atoms with E-state index in [0.29, 0.717) is 0 Å². The highest BCUT2D eigenvalue weighted by Gasteiger charge is 2.65. The highest BCUT2D eigenvalue weighted by atomic mass is 16.8. The second-order valence-electron chi connectivity index (χ2n) is 24.8. The standard InChI is InChI=1S/C63H105N7O35/c1-64-50(71)36-29-22(78-8)43(85-15)57(99-36)93-30-23(79-9)45(87-17)59(101-37(30)51(72)65-2)95-32-25(81-11)47(89-19)61(103-39(32)53(74)67-4)97-34-27(83-13)49(91-21)63(105-41(34)55(76)69-6)98-35-28(84-14)48(90-20)62(104-42(35)56(77)70-7)96-33-26(82-12)46(88-18)60(102-40(33)54(75)68-5)94-31-24(80-10)44(86-16)58(92-29)100-38(31)52(73)66-3/h22-49,57-63H,1-21H3,(H,64,71)(H,65,72)(H,66,73)(H,67,74)(H,68,75)(H,69,76)(H,70,77)/t22-,23-,24-,25-,26-,27-,28-,29-,30-,31-,32-,33-,34-,35-,36-,37-,38-,39-,40-,41-,42-,43+,44+,45+,46+,47+,48+,49+,57-,58-,59-,60-,61-,62-,63-/m0/s1. The lowest BCUT2D eigenvalue weighted by Gasteiger charge is -2.52. The predicted octanol–water partition coefficient (Wildman–Crippen LogP) is -7.80. The maximum atomic E-state index is 14.4. The van der Waals surface area contributed by atoms with Crippen LogP contribution in [-0.2, 0) is 166 Å². The molecule has 21 aliphatic rings. The summed E-state index contributed by atoms with van der Waals surface area (Å²) in [5.41, 5.74) is 0. The van der Waals surface area contributed by atoms with Crippen molar-refractivity contribution < 1.29 is 166 Å². The van der Waals surface area contributed by atoms with E-state index >= 15 is 0 Å². The molecule has 35 atom stereocenters. The molecular weight excluding hydrogens is 1410 g/mol. The fourth-order valence-corrected chi connectivity index (χ4v) is 14.7. The molecule has 0 unspecified atom stereocenters. The van der Waals surface area contributed by atoms with Gasteiger partial charge < -0.3 is 170 Å². The number of methoxy groups -OCH3 is 14. The minimum atomic E-state index is -1.74. The molecule has 7 N–H and O–H groups in total. The van der Waals surface area contributed by atoms with Gasteiger partial charge >= 0.3 is 0 Å². The zero-order valence-corrected chi connectivity index (χ0v) is 62.5. The molecule has 21 rings (SSSR count). The van der Waals surface area contributed by atoms with Gasteiger partial charge in [0.05, 0.1) is 0 Å². The van der Waals surface area contributed by atoms with Gasteiger partial charge in [-0.25, -0.2) is 0 Å². The molecule has 21 fully saturated rings. The van der Waals surface area contributed by atoms with Crippen LogP contribution in [0.2, 0.25) is 0 Å². The molecule has 21 aliphatic heterocycles. The van der Waals surface area contributed by atoms with E-state index in [4.69, 9.17) is 133 Å². The molecule has 14 bridgehead atoms. The van der Waals surface area contributed by atoms with Crippen molar-refractivity contribution in [2.75, 3.05) is 149 Å². The van der Waals surface area contributed by atoms with Gasteiger partial charge in [-0.3, -0.25) is 33.6 Å². The van der Waals surface area contributed by atoms with E-state index in [0.717, 1.165) is 0 Å². The molecule has 21 saturated heterocycles. The summed E-state index contributed by atoms with van der Waals surface area (Å²) in [5, 5.41) is 18.0. The van der Waals surface area contributed by atoms with Gasteiger partial charge in [-0.15, -0.1) is 0 Å². The number of carbonyl (C=O) groups is 7. The van der Waals surface area contributed by atoms with Crippen LogP contribution in [-0.4, -0.2) is 405 Å². The Kier molecular flexibility index (Phi) is 32.0. The van der Waals surface area contributed by atoms with Crippen LogP contribution in [0.4, 0.5) is 0 Å². The SMILES string of the molecule is CNC(=O)[C@H]1O[C@@H]2O[C@H]3[C@H](OC)[C@@H](OC)[C@@H](O[C@H]4[C@H](OC)[C@@H](OC)[C@@H](O[C@H]5[C@H](OC)[C@@H](OC)[C@@H](O[C@H]6[C@H](OC)[C@@H](OC)[C@@H](O[C@H]7[C@H](OC)[C@@H](OC)[C@@H](O[C@H]8[C@H](OC)[C@@H](OC)[C@@H](O[C@H]1[C@H](OC)[C@H]2OC)O[C@@H]8C(=O)NC)O[C@@H]7C(=O)NC)O[C@@H]6C(=O)NC)O[C@@H]5C(=O)NC)O[C@@H]4C(=O)NC)O[C@@H]3C(=O)NC. The molecule has 105 heavy (non-hydrogen) atoms. The van der Waals surface area contributed by atoms with Gasteiger partial charge in [0.25, 0.3) is 41.4 Å². The topological polar surface area (TPSA) is 462 Å². The highest BCUT2D eigenvalue weighted by molar-refractivity contribution is 5.84. The molecule has 42 heteroatoms. The van der Waals surface area contributed by atoms with Gasteiger partial charge in [0.15, 0.2) is 86.8 Å². The highest BCUT2D eigenvalue weighted by Crippen LogP contribution is 2.43. The molecule has 21 heterocycles. The molecule has 0 aliphatic carbocycles. The third-order valence-electron chi connectivity index (χ3n) is 19.8.